The maximum Gasteiger partial charge on any atom is 0.270 e. The lowest BCUT2D eigenvalue weighted by molar-refractivity contribution is 0.0383. The van der Waals surface area contributed by atoms with E-state index in [0.29, 0.717) is 35.2 Å². The van der Waals surface area contributed by atoms with Crippen LogP contribution in [0.3, 0.4) is 0 Å². The van der Waals surface area contributed by atoms with Gasteiger partial charge in [-0.1, -0.05) is 0 Å². The second-order valence-electron chi connectivity index (χ2n) is 5.82. The van der Waals surface area contributed by atoms with Crippen molar-refractivity contribution in [2.24, 2.45) is 0 Å². The third-order valence-corrected chi connectivity index (χ3v) is 4.91. The highest BCUT2D eigenvalue weighted by molar-refractivity contribution is 7.13. The number of aromatic nitrogens is 1. The zero-order chi connectivity index (χ0) is 18.4. The van der Waals surface area contributed by atoms with Gasteiger partial charge in [-0.15, -0.1) is 11.3 Å². The maximum absolute atomic E-state index is 14.2. The van der Waals surface area contributed by atoms with Gasteiger partial charge >= 0.3 is 0 Å². The smallest absolute Gasteiger partial charge is 0.270 e. The van der Waals surface area contributed by atoms with Crippen molar-refractivity contribution >= 4 is 17.2 Å². The molecule has 1 N–H and O–H groups in total. The average molecular weight is 379 g/mol. The standard InChI is InChI=1S/C18H22FN3O3S/c1-2-25-13-3-4-14(15(19)11-13)18-21-16(12-26-18)17(23)20-5-6-22-7-9-24-10-8-22/h3-4,11-12H,2,5-10H2,1H3,(H,20,23). The Morgan fingerprint density at radius 3 is 2.96 bits per heavy atom. The SMILES string of the molecule is CCOc1ccc(-c2nc(C(=O)NCCN3CCOCC3)cs2)c(F)c1. The van der Waals surface area contributed by atoms with Crippen LogP contribution >= 0.6 is 11.3 Å². The van der Waals surface area contributed by atoms with Gasteiger partial charge in [0, 0.05) is 43.2 Å². The van der Waals surface area contributed by atoms with Crippen LogP contribution in [0.15, 0.2) is 23.6 Å². The molecule has 1 saturated heterocycles. The van der Waals surface area contributed by atoms with Crippen LogP contribution in [0.5, 0.6) is 5.75 Å². The molecule has 2 aromatic rings. The molecule has 0 unspecified atom stereocenters. The molecule has 1 aromatic heterocycles. The number of nitrogens with zero attached hydrogens (tertiary/aromatic N) is 2. The van der Waals surface area contributed by atoms with E-state index in [1.54, 1.807) is 17.5 Å². The molecular weight excluding hydrogens is 357 g/mol. The monoisotopic (exact) mass is 379 g/mol. The minimum Gasteiger partial charge on any atom is -0.494 e. The number of morpholine rings is 1. The highest BCUT2D eigenvalue weighted by atomic mass is 32.1. The first-order valence-electron chi connectivity index (χ1n) is 8.64. The van der Waals surface area contributed by atoms with Gasteiger partial charge in [0.05, 0.1) is 19.8 Å². The third-order valence-electron chi connectivity index (χ3n) is 4.04. The van der Waals surface area contributed by atoms with Crippen molar-refractivity contribution in [1.29, 1.82) is 0 Å². The molecule has 1 amide bonds. The molecule has 3 rings (SSSR count). The Balaban J connectivity index is 1.57. The molecule has 140 valence electrons. The Labute approximate surface area is 155 Å². The summed E-state index contributed by atoms with van der Waals surface area (Å²) in [6, 6.07) is 4.66. The molecule has 6 nitrogen and oxygen atoms in total. The molecule has 0 radical (unpaired) electrons. The van der Waals surface area contributed by atoms with E-state index < -0.39 is 5.82 Å². The first kappa shape index (κ1) is 18.8. The molecule has 1 aromatic carbocycles. The van der Waals surface area contributed by atoms with Gasteiger partial charge in [0.25, 0.3) is 5.91 Å². The Bertz CT molecular complexity index is 747. The second-order valence-corrected chi connectivity index (χ2v) is 6.68. The fourth-order valence-corrected chi connectivity index (χ4v) is 3.50. The maximum atomic E-state index is 14.2. The molecule has 2 heterocycles. The topological polar surface area (TPSA) is 63.7 Å². The molecular formula is C18H22FN3O3S. The van der Waals surface area contributed by atoms with Gasteiger partial charge in [-0.05, 0) is 19.1 Å². The van der Waals surface area contributed by atoms with Crippen molar-refractivity contribution < 1.29 is 18.7 Å². The number of ether oxygens (including phenoxy) is 2. The summed E-state index contributed by atoms with van der Waals surface area (Å²) in [6.45, 7) is 6.87. The number of carbonyl (C=O) groups excluding carboxylic acids is 1. The van der Waals surface area contributed by atoms with Crippen LogP contribution in [0, 0.1) is 5.82 Å². The second kappa shape index (κ2) is 9.07. The number of hydrogen-bond donors (Lipinski definition) is 1. The number of halogens is 1. The summed E-state index contributed by atoms with van der Waals surface area (Å²) in [6.07, 6.45) is 0. The number of hydrogen-bond acceptors (Lipinski definition) is 6. The van der Waals surface area contributed by atoms with Crippen molar-refractivity contribution in [3.63, 3.8) is 0 Å². The van der Waals surface area contributed by atoms with Crippen molar-refractivity contribution in [2.45, 2.75) is 6.92 Å². The Morgan fingerprint density at radius 2 is 2.23 bits per heavy atom. The minimum absolute atomic E-state index is 0.243. The molecule has 26 heavy (non-hydrogen) atoms. The van der Waals surface area contributed by atoms with Gasteiger partial charge in [0.2, 0.25) is 0 Å². The summed E-state index contributed by atoms with van der Waals surface area (Å²) >= 11 is 1.25. The van der Waals surface area contributed by atoms with Crippen LogP contribution in [0.4, 0.5) is 4.39 Å². The number of nitrogens with one attached hydrogen (secondary N) is 1. The van der Waals surface area contributed by atoms with Crippen molar-refractivity contribution in [3.05, 3.63) is 35.1 Å². The third kappa shape index (κ3) is 4.78. The molecule has 0 bridgehead atoms. The normalized spacial score (nSPS) is 15.0. The zero-order valence-electron chi connectivity index (χ0n) is 14.7. The zero-order valence-corrected chi connectivity index (χ0v) is 15.5. The van der Waals surface area contributed by atoms with Crippen molar-refractivity contribution in [2.75, 3.05) is 46.0 Å². The van der Waals surface area contributed by atoms with E-state index in [1.165, 1.54) is 17.4 Å². The lowest BCUT2D eigenvalue weighted by atomic mass is 10.2. The summed E-state index contributed by atoms with van der Waals surface area (Å²) in [7, 11) is 0. The number of benzene rings is 1. The quantitative estimate of drug-likeness (QED) is 0.800. The predicted molar refractivity (Wildman–Crippen MR) is 98.3 cm³/mol. The van der Waals surface area contributed by atoms with Crippen LogP contribution in [0.1, 0.15) is 17.4 Å². The fraction of sp³-hybridized carbons (Fsp3) is 0.444. The minimum atomic E-state index is -0.412. The van der Waals surface area contributed by atoms with Crippen LogP contribution in [0.25, 0.3) is 10.6 Å². The number of rotatable bonds is 7. The first-order chi connectivity index (χ1) is 12.7. The molecule has 8 heteroatoms. The van der Waals surface area contributed by atoms with Gasteiger partial charge in [0.15, 0.2) is 0 Å². The Hall–Kier alpha value is -2.03. The largest absolute Gasteiger partial charge is 0.494 e. The van der Waals surface area contributed by atoms with Gasteiger partial charge in [-0.2, -0.15) is 0 Å². The van der Waals surface area contributed by atoms with Gasteiger partial charge in [0.1, 0.15) is 22.3 Å². The van der Waals surface area contributed by atoms with Crippen molar-refractivity contribution in [1.82, 2.24) is 15.2 Å². The van der Waals surface area contributed by atoms with E-state index in [-0.39, 0.29) is 5.91 Å². The van der Waals surface area contributed by atoms with Gasteiger partial charge < -0.3 is 14.8 Å². The Morgan fingerprint density at radius 1 is 1.42 bits per heavy atom. The molecule has 0 aliphatic carbocycles. The summed E-state index contributed by atoms with van der Waals surface area (Å²) in [5.41, 5.74) is 0.672. The van der Waals surface area contributed by atoms with Crippen LogP contribution in [-0.4, -0.2) is 61.8 Å². The van der Waals surface area contributed by atoms with E-state index in [2.05, 4.69) is 15.2 Å². The fourth-order valence-electron chi connectivity index (χ4n) is 2.67. The molecule has 0 atom stereocenters. The van der Waals surface area contributed by atoms with Gasteiger partial charge in [-0.25, -0.2) is 9.37 Å². The number of amides is 1. The summed E-state index contributed by atoms with van der Waals surface area (Å²) in [5.74, 6) is -0.178. The van der Waals surface area contributed by atoms with E-state index >= 15 is 0 Å². The molecule has 0 saturated carbocycles. The summed E-state index contributed by atoms with van der Waals surface area (Å²) < 4.78 is 24.8. The van der Waals surface area contributed by atoms with Gasteiger partial charge in [-0.3, -0.25) is 9.69 Å². The summed E-state index contributed by atoms with van der Waals surface area (Å²) in [5, 5.41) is 4.98. The molecule has 1 aliphatic heterocycles. The van der Waals surface area contributed by atoms with Crippen LogP contribution in [-0.2, 0) is 4.74 Å². The van der Waals surface area contributed by atoms with E-state index in [9.17, 15) is 9.18 Å². The highest BCUT2D eigenvalue weighted by Crippen LogP contribution is 2.29. The lowest BCUT2D eigenvalue weighted by Crippen LogP contribution is -2.41. The lowest BCUT2D eigenvalue weighted by Gasteiger charge is -2.26. The van der Waals surface area contributed by atoms with Crippen LogP contribution in [0.2, 0.25) is 0 Å². The predicted octanol–water partition coefficient (Wildman–Crippen LogP) is 2.41. The highest BCUT2D eigenvalue weighted by Gasteiger charge is 2.15. The van der Waals surface area contributed by atoms with E-state index in [1.807, 2.05) is 6.92 Å². The number of carbonyl (C=O) groups is 1. The average Bonchev–Trinajstić information content (AvgIpc) is 3.13. The van der Waals surface area contributed by atoms with Crippen molar-refractivity contribution in [3.8, 4) is 16.3 Å². The van der Waals surface area contributed by atoms with E-state index in [0.717, 1.165) is 32.8 Å². The Kier molecular flexibility index (Phi) is 6.54. The summed E-state index contributed by atoms with van der Waals surface area (Å²) in [4.78, 5) is 18.7. The number of thiazole rings is 1. The van der Waals surface area contributed by atoms with Crippen LogP contribution < -0.4 is 10.1 Å². The molecule has 0 spiro atoms. The molecule has 1 aliphatic rings. The van der Waals surface area contributed by atoms with E-state index in [4.69, 9.17) is 9.47 Å². The first-order valence-corrected chi connectivity index (χ1v) is 9.52. The molecule has 1 fully saturated rings.